The monoisotopic (exact) mass is 338 g/mol. The van der Waals surface area contributed by atoms with Crippen LogP contribution >= 0.6 is 11.3 Å². The highest BCUT2D eigenvalue weighted by Crippen LogP contribution is 2.12. The van der Waals surface area contributed by atoms with Gasteiger partial charge in [0.25, 0.3) is 0 Å². The van der Waals surface area contributed by atoms with Gasteiger partial charge >= 0.3 is 0 Å². The maximum atomic E-state index is 12.3. The summed E-state index contributed by atoms with van der Waals surface area (Å²) < 4.78 is 0. The van der Waals surface area contributed by atoms with Gasteiger partial charge in [-0.3, -0.25) is 15.0 Å². The molecule has 0 bridgehead atoms. The Morgan fingerprint density at radius 2 is 1.54 bits per heavy atom. The predicted octanol–water partition coefficient (Wildman–Crippen LogP) is 3.18. The van der Waals surface area contributed by atoms with E-state index in [1.54, 1.807) is 5.51 Å². The first-order valence-corrected chi connectivity index (χ1v) is 8.54. The van der Waals surface area contributed by atoms with Crippen LogP contribution in [0.2, 0.25) is 0 Å². The van der Waals surface area contributed by atoms with Crippen molar-refractivity contribution >= 4 is 22.4 Å². The Morgan fingerprint density at radius 1 is 0.958 bits per heavy atom. The van der Waals surface area contributed by atoms with Gasteiger partial charge in [0.05, 0.1) is 6.54 Å². The molecule has 24 heavy (non-hydrogen) atoms. The third-order valence-corrected chi connectivity index (χ3v) is 4.08. The standard InChI is InChI=1S/C18H18N4OS/c23-17(20-18-21-19-14-24-18)13-22(11-15-7-3-1-4-8-15)12-16-9-5-2-6-10-16/h1-10,14H,11-13H2,(H,20,21,23). The number of carbonyl (C=O) groups excluding carboxylic acids is 1. The molecule has 1 N–H and O–H groups in total. The average molecular weight is 338 g/mol. The molecule has 0 fully saturated rings. The van der Waals surface area contributed by atoms with Crippen molar-refractivity contribution in [1.29, 1.82) is 0 Å². The number of amides is 1. The van der Waals surface area contributed by atoms with Gasteiger partial charge in [0.2, 0.25) is 11.0 Å². The average Bonchev–Trinajstić information content (AvgIpc) is 3.09. The number of aromatic nitrogens is 2. The first kappa shape index (κ1) is 16.3. The minimum Gasteiger partial charge on any atom is -0.299 e. The molecule has 0 saturated heterocycles. The largest absolute Gasteiger partial charge is 0.299 e. The molecule has 0 aliphatic rings. The van der Waals surface area contributed by atoms with Crippen LogP contribution in [0.3, 0.4) is 0 Å². The molecular weight excluding hydrogens is 320 g/mol. The molecule has 5 nitrogen and oxygen atoms in total. The molecule has 0 aliphatic heterocycles. The van der Waals surface area contributed by atoms with Crippen LogP contribution in [-0.4, -0.2) is 27.5 Å². The Labute approximate surface area is 145 Å². The van der Waals surface area contributed by atoms with Crippen molar-refractivity contribution in [2.24, 2.45) is 0 Å². The summed E-state index contributed by atoms with van der Waals surface area (Å²) in [5, 5.41) is 10.9. The summed E-state index contributed by atoms with van der Waals surface area (Å²) in [7, 11) is 0. The lowest BCUT2D eigenvalue weighted by Gasteiger charge is -2.21. The molecule has 0 spiro atoms. The lowest BCUT2D eigenvalue weighted by Crippen LogP contribution is -2.32. The van der Waals surface area contributed by atoms with E-state index < -0.39 is 0 Å². The molecule has 1 amide bonds. The molecular formula is C18H18N4OS. The van der Waals surface area contributed by atoms with Gasteiger partial charge in [-0.25, -0.2) is 0 Å². The number of benzene rings is 2. The lowest BCUT2D eigenvalue weighted by atomic mass is 10.1. The summed E-state index contributed by atoms with van der Waals surface area (Å²) >= 11 is 1.31. The Bertz CT molecular complexity index is 706. The van der Waals surface area contributed by atoms with Crippen molar-refractivity contribution < 1.29 is 4.79 Å². The number of rotatable bonds is 7. The van der Waals surface area contributed by atoms with Crippen LogP contribution in [0.4, 0.5) is 5.13 Å². The van der Waals surface area contributed by atoms with Crippen LogP contribution < -0.4 is 5.32 Å². The molecule has 0 radical (unpaired) electrons. The van der Waals surface area contributed by atoms with Crippen LogP contribution in [0.1, 0.15) is 11.1 Å². The van der Waals surface area contributed by atoms with Crippen molar-refractivity contribution in [1.82, 2.24) is 15.1 Å². The van der Waals surface area contributed by atoms with Crippen LogP contribution in [0.15, 0.2) is 66.2 Å². The van der Waals surface area contributed by atoms with Gasteiger partial charge in [-0.05, 0) is 11.1 Å². The molecule has 2 aromatic carbocycles. The van der Waals surface area contributed by atoms with Crippen LogP contribution in [0.25, 0.3) is 0 Å². The highest BCUT2D eigenvalue weighted by atomic mass is 32.1. The first-order valence-electron chi connectivity index (χ1n) is 7.66. The molecule has 6 heteroatoms. The molecule has 3 aromatic rings. The molecule has 1 heterocycles. The van der Waals surface area contributed by atoms with Gasteiger partial charge in [-0.1, -0.05) is 72.0 Å². The maximum absolute atomic E-state index is 12.3. The third kappa shape index (κ3) is 4.97. The van der Waals surface area contributed by atoms with E-state index in [2.05, 4.69) is 44.7 Å². The number of nitrogens with zero attached hydrogens (tertiary/aromatic N) is 3. The third-order valence-electron chi connectivity index (χ3n) is 3.47. The van der Waals surface area contributed by atoms with E-state index in [1.807, 2.05) is 36.4 Å². The van der Waals surface area contributed by atoms with Gasteiger partial charge < -0.3 is 0 Å². The van der Waals surface area contributed by atoms with E-state index >= 15 is 0 Å². The van der Waals surface area contributed by atoms with Gasteiger partial charge in [-0.15, -0.1) is 10.2 Å². The van der Waals surface area contributed by atoms with E-state index in [4.69, 9.17) is 0 Å². The summed E-state index contributed by atoms with van der Waals surface area (Å²) in [4.78, 5) is 14.4. The smallest absolute Gasteiger partial charge is 0.240 e. The molecule has 0 aliphatic carbocycles. The molecule has 1 aromatic heterocycles. The Balaban J connectivity index is 1.67. The highest BCUT2D eigenvalue weighted by Gasteiger charge is 2.13. The minimum atomic E-state index is -0.0846. The fraction of sp³-hybridized carbons (Fsp3) is 0.167. The van der Waals surface area contributed by atoms with Gasteiger partial charge in [0.1, 0.15) is 5.51 Å². The zero-order chi connectivity index (χ0) is 16.6. The molecule has 0 atom stereocenters. The van der Waals surface area contributed by atoms with E-state index in [-0.39, 0.29) is 5.91 Å². The quantitative estimate of drug-likeness (QED) is 0.719. The summed E-state index contributed by atoms with van der Waals surface area (Å²) in [6, 6.07) is 20.3. The summed E-state index contributed by atoms with van der Waals surface area (Å²) in [6.07, 6.45) is 0. The Hall–Kier alpha value is -2.57. The van der Waals surface area contributed by atoms with Crippen LogP contribution in [0.5, 0.6) is 0 Å². The van der Waals surface area contributed by atoms with Crippen LogP contribution in [-0.2, 0) is 17.9 Å². The van der Waals surface area contributed by atoms with E-state index in [9.17, 15) is 4.79 Å². The van der Waals surface area contributed by atoms with Gasteiger partial charge in [0, 0.05) is 13.1 Å². The topological polar surface area (TPSA) is 58.1 Å². The SMILES string of the molecule is O=C(CN(Cc1ccccc1)Cc1ccccc1)Nc1nncs1. The second-order valence-corrected chi connectivity index (χ2v) is 6.24. The van der Waals surface area contributed by atoms with Crippen molar-refractivity contribution in [3.63, 3.8) is 0 Å². The second-order valence-electron chi connectivity index (χ2n) is 5.41. The maximum Gasteiger partial charge on any atom is 0.240 e. The lowest BCUT2D eigenvalue weighted by molar-refractivity contribution is -0.117. The van der Waals surface area contributed by atoms with E-state index in [0.29, 0.717) is 24.8 Å². The fourth-order valence-corrected chi connectivity index (χ4v) is 2.90. The number of nitrogens with one attached hydrogen (secondary N) is 1. The Morgan fingerprint density at radius 3 is 2.04 bits per heavy atom. The minimum absolute atomic E-state index is 0.0846. The number of hydrogen-bond donors (Lipinski definition) is 1. The van der Waals surface area contributed by atoms with Crippen molar-refractivity contribution in [3.05, 3.63) is 77.3 Å². The molecule has 0 unspecified atom stereocenters. The van der Waals surface area contributed by atoms with Crippen molar-refractivity contribution in [3.8, 4) is 0 Å². The molecule has 3 rings (SSSR count). The number of anilines is 1. The molecule has 122 valence electrons. The molecule has 0 saturated carbocycles. The number of hydrogen-bond acceptors (Lipinski definition) is 5. The second kappa shape index (κ2) is 8.33. The van der Waals surface area contributed by atoms with Gasteiger partial charge in [-0.2, -0.15) is 0 Å². The summed E-state index contributed by atoms with van der Waals surface area (Å²) in [6.45, 7) is 1.71. The first-order chi connectivity index (χ1) is 11.8. The zero-order valence-corrected chi connectivity index (χ0v) is 13.9. The van der Waals surface area contributed by atoms with E-state index in [0.717, 1.165) is 0 Å². The Kier molecular flexibility index (Phi) is 5.65. The normalized spacial score (nSPS) is 10.7. The zero-order valence-electron chi connectivity index (χ0n) is 13.1. The number of carbonyl (C=O) groups is 1. The fourth-order valence-electron chi connectivity index (χ4n) is 2.44. The predicted molar refractivity (Wildman–Crippen MR) is 95.5 cm³/mol. The summed E-state index contributed by atoms with van der Waals surface area (Å²) in [5.41, 5.74) is 3.95. The van der Waals surface area contributed by atoms with Crippen molar-refractivity contribution in [2.45, 2.75) is 13.1 Å². The van der Waals surface area contributed by atoms with Crippen LogP contribution in [0, 0.1) is 0 Å². The summed E-state index contributed by atoms with van der Waals surface area (Å²) in [5.74, 6) is -0.0846. The van der Waals surface area contributed by atoms with Crippen molar-refractivity contribution in [2.75, 3.05) is 11.9 Å². The highest BCUT2D eigenvalue weighted by molar-refractivity contribution is 7.13. The van der Waals surface area contributed by atoms with Gasteiger partial charge in [0.15, 0.2) is 0 Å². The van der Waals surface area contributed by atoms with E-state index in [1.165, 1.54) is 22.5 Å².